The molecule has 0 radical (unpaired) electrons. The second-order valence-electron chi connectivity index (χ2n) is 6.14. The van der Waals surface area contributed by atoms with E-state index in [1.807, 2.05) is 49.4 Å². The highest BCUT2D eigenvalue weighted by Crippen LogP contribution is 2.17. The number of thiazole rings is 1. The number of carbonyl (C=O) groups is 2. The van der Waals surface area contributed by atoms with Gasteiger partial charge >= 0.3 is 6.03 Å². The summed E-state index contributed by atoms with van der Waals surface area (Å²) in [4.78, 5) is 28.5. The lowest BCUT2D eigenvalue weighted by molar-refractivity contribution is -0.120. The molecule has 3 aromatic rings. The van der Waals surface area contributed by atoms with Crippen molar-refractivity contribution in [3.05, 3.63) is 75.8 Å². The molecule has 0 bridgehead atoms. The first-order valence-corrected chi connectivity index (χ1v) is 9.84. The van der Waals surface area contributed by atoms with E-state index in [1.165, 1.54) is 11.3 Å². The summed E-state index contributed by atoms with van der Waals surface area (Å²) < 4.78 is 0. The fourth-order valence-corrected chi connectivity index (χ4v) is 3.40. The zero-order valence-electron chi connectivity index (χ0n) is 15.2. The lowest BCUT2D eigenvalue weighted by Crippen LogP contribution is -2.25. The molecule has 28 heavy (non-hydrogen) atoms. The van der Waals surface area contributed by atoms with Crippen molar-refractivity contribution in [1.82, 2.24) is 10.3 Å². The topological polar surface area (TPSA) is 83.1 Å². The van der Waals surface area contributed by atoms with E-state index in [0.717, 1.165) is 11.1 Å². The number of amides is 3. The number of hydrogen-bond acceptors (Lipinski definition) is 4. The summed E-state index contributed by atoms with van der Waals surface area (Å²) in [6, 6.07) is 14.5. The average Bonchev–Trinajstić information content (AvgIpc) is 3.07. The Hall–Kier alpha value is -2.90. The van der Waals surface area contributed by atoms with Gasteiger partial charge in [0.15, 0.2) is 5.13 Å². The molecule has 3 N–H and O–H groups in total. The zero-order chi connectivity index (χ0) is 19.9. The second-order valence-corrected chi connectivity index (χ2v) is 7.40. The highest BCUT2D eigenvalue weighted by Gasteiger charge is 2.10. The van der Waals surface area contributed by atoms with Gasteiger partial charge in [-0.15, -0.1) is 11.3 Å². The molecule has 0 fully saturated rings. The van der Waals surface area contributed by atoms with Gasteiger partial charge in [0.2, 0.25) is 5.91 Å². The molecule has 2 aromatic carbocycles. The number of aryl methyl sites for hydroxylation is 1. The largest absolute Gasteiger partial charge is 0.352 e. The van der Waals surface area contributed by atoms with Gasteiger partial charge in [-0.3, -0.25) is 10.1 Å². The fraction of sp³-hybridized carbons (Fsp3) is 0.150. The Labute approximate surface area is 172 Å². The van der Waals surface area contributed by atoms with Crippen LogP contribution in [0.1, 0.15) is 16.8 Å². The summed E-state index contributed by atoms with van der Waals surface area (Å²) >= 11 is 7.34. The summed E-state index contributed by atoms with van der Waals surface area (Å²) in [5, 5.41) is 11.0. The lowest BCUT2D eigenvalue weighted by Gasteiger charge is -2.06. The molecule has 6 nitrogen and oxygen atoms in total. The maximum Gasteiger partial charge on any atom is 0.325 e. The Balaban J connectivity index is 1.48. The first-order valence-electron chi connectivity index (χ1n) is 8.59. The van der Waals surface area contributed by atoms with Crippen LogP contribution in [0.5, 0.6) is 0 Å². The Morgan fingerprint density at radius 1 is 1.11 bits per heavy atom. The average molecular weight is 415 g/mol. The molecule has 0 saturated heterocycles. The number of carbonyl (C=O) groups excluding carboxylic acids is 2. The molecule has 1 heterocycles. The number of urea groups is 1. The Morgan fingerprint density at radius 2 is 1.93 bits per heavy atom. The van der Waals surface area contributed by atoms with Crippen LogP contribution >= 0.6 is 22.9 Å². The predicted molar refractivity (Wildman–Crippen MR) is 113 cm³/mol. The number of nitrogens with zero attached hydrogens (tertiary/aromatic N) is 1. The minimum Gasteiger partial charge on any atom is -0.352 e. The maximum absolute atomic E-state index is 12.1. The van der Waals surface area contributed by atoms with Crippen LogP contribution in [-0.2, 0) is 17.8 Å². The van der Waals surface area contributed by atoms with Gasteiger partial charge in [-0.2, -0.15) is 0 Å². The van der Waals surface area contributed by atoms with Gasteiger partial charge in [0.25, 0.3) is 0 Å². The fourth-order valence-electron chi connectivity index (χ4n) is 2.49. The first-order chi connectivity index (χ1) is 13.5. The molecule has 0 atom stereocenters. The Bertz CT molecular complexity index is 990. The molecular weight excluding hydrogens is 396 g/mol. The molecule has 0 saturated carbocycles. The number of rotatable bonds is 6. The molecule has 0 spiro atoms. The standard InChI is InChI=1S/C20H19ClN4O2S/c1-13-5-4-7-15(9-13)23-19(27)25-20-24-16(12-28-20)10-18(26)22-11-14-6-2-3-8-17(14)21/h2-9,12H,10-11H2,1H3,(H,22,26)(H2,23,24,25,27). The van der Waals surface area contributed by atoms with Gasteiger partial charge in [0.1, 0.15) is 0 Å². The van der Waals surface area contributed by atoms with Gasteiger partial charge in [-0.05, 0) is 36.2 Å². The number of benzene rings is 2. The van der Waals surface area contributed by atoms with E-state index in [1.54, 1.807) is 11.4 Å². The van der Waals surface area contributed by atoms with Crippen LogP contribution in [0.4, 0.5) is 15.6 Å². The van der Waals surface area contributed by atoms with Gasteiger partial charge in [0, 0.05) is 22.6 Å². The monoisotopic (exact) mass is 414 g/mol. The van der Waals surface area contributed by atoms with E-state index in [0.29, 0.717) is 28.1 Å². The summed E-state index contributed by atoms with van der Waals surface area (Å²) in [5.41, 5.74) is 3.20. The predicted octanol–water partition coefficient (Wildman–Crippen LogP) is 4.61. The molecule has 3 rings (SSSR count). The molecule has 0 aliphatic rings. The Kier molecular flexibility index (Phi) is 6.62. The van der Waals surface area contributed by atoms with Crippen molar-refractivity contribution in [1.29, 1.82) is 0 Å². The molecular formula is C20H19ClN4O2S. The van der Waals surface area contributed by atoms with Crippen molar-refractivity contribution in [2.24, 2.45) is 0 Å². The third kappa shape index (κ3) is 5.80. The summed E-state index contributed by atoms with van der Waals surface area (Å²) in [6.45, 7) is 2.31. The highest BCUT2D eigenvalue weighted by atomic mass is 35.5. The van der Waals surface area contributed by atoms with Crippen LogP contribution in [0.2, 0.25) is 5.02 Å². The minimum absolute atomic E-state index is 0.127. The first kappa shape index (κ1) is 19.9. The third-order valence-electron chi connectivity index (χ3n) is 3.82. The molecule has 0 aliphatic carbocycles. The molecule has 3 amide bonds. The quantitative estimate of drug-likeness (QED) is 0.550. The van der Waals surface area contributed by atoms with Crippen LogP contribution in [0.3, 0.4) is 0 Å². The van der Waals surface area contributed by atoms with E-state index in [-0.39, 0.29) is 18.4 Å². The SMILES string of the molecule is Cc1cccc(NC(=O)Nc2nc(CC(=O)NCc3ccccc3Cl)cs2)c1. The molecule has 0 aliphatic heterocycles. The van der Waals surface area contributed by atoms with Crippen molar-refractivity contribution in [3.8, 4) is 0 Å². The van der Waals surface area contributed by atoms with E-state index >= 15 is 0 Å². The van der Waals surface area contributed by atoms with Crippen molar-refractivity contribution >= 4 is 45.7 Å². The second kappa shape index (κ2) is 9.34. The van der Waals surface area contributed by atoms with Crippen LogP contribution in [0.25, 0.3) is 0 Å². The van der Waals surface area contributed by atoms with E-state index in [9.17, 15) is 9.59 Å². The number of anilines is 2. The van der Waals surface area contributed by atoms with Crippen molar-refractivity contribution in [2.45, 2.75) is 19.9 Å². The van der Waals surface area contributed by atoms with Crippen LogP contribution in [0, 0.1) is 6.92 Å². The van der Waals surface area contributed by atoms with Crippen molar-refractivity contribution < 1.29 is 9.59 Å². The minimum atomic E-state index is -0.380. The van der Waals surface area contributed by atoms with Crippen molar-refractivity contribution in [3.63, 3.8) is 0 Å². The Morgan fingerprint density at radius 3 is 2.71 bits per heavy atom. The number of halogens is 1. The smallest absolute Gasteiger partial charge is 0.325 e. The highest BCUT2D eigenvalue weighted by molar-refractivity contribution is 7.14. The summed E-state index contributed by atoms with van der Waals surface area (Å²) in [6.07, 6.45) is 0.127. The van der Waals surface area contributed by atoms with E-state index < -0.39 is 0 Å². The number of nitrogens with one attached hydrogen (secondary N) is 3. The maximum atomic E-state index is 12.1. The van der Waals surface area contributed by atoms with Gasteiger partial charge in [0.05, 0.1) is 12.1 Å². The zero-order valence-corrected chi connectivity index (χ0v) is 16.7. The lowest BCUT2D eigenvalue weighted by atomic mass is 10.2. The molecule has 1 aromatic heterocycles. The van der Waals surface area contributed by atoms with Crippen LogP contribution < -0.4 is 16.0 Å². The van der Waals surface area contributed by atoms with E-state index in [4.69, 9.17) is 11.6 Å². The van der Waals surface area contributed by atoms with Crippen LogP contribution in [-0.4, -0.2) is 16.9 Å². The number of hydrogen-bond donors (Lipinski definition) is 3. The third-order valence-corrected chi connectivity index (χ3v) is 5.00. The number of aromatic nitrogens is 1. The van der Waals surface area contributed by atoms with Gasteiger partial charge in [-0.25, -0.2) is 9.78 Å². The summed E-state index contributed by atoms with van der Waals surface area (Å²) in [5.74, 6) is -0.166. The molecule has 144 valence electrons. The summed E-state index contributed by atoms with van der Waals surface area (Å²) in [7, 11) is 0. The van der Waals surface area contributed by atoms with Crippen LogP contribution in [0.15, 0.2) is 53.9 Å². The normalized spacial score (nSPS) is 10.4. The molecule has 0 unspecified atom stereocenters. The molecule has 8 heteroatoms. The van der Waals surface area contributed by atoms with Gasteiger partial charge < -0.3 is 10.6 Å². The van der Waals surface area contributed by atoms with Crippen molar-refractivity contribution in [2.75, 3.05) is 10.6 Å². The van der Waals surface area contributed by atoms with Gasteiger partial charge in [-0.1, -0.05) is 41.9 Å². The van der Waals surface area contributed by atoms with E-state index in [2.05, 4.69) is 20.9 Å².